The van der Waals surface area contributed by atoms with Crippen molar-refractivity contribution in [1.29, 1.82) is 0 Å². The van der Waals surface area contributed by atoms with Gasteiger partial charge in [-0.1, -0.05) is 0 Å². The van der Waals surface area contributed by atoms with E-state index in [4.69, 9.17) is 0 Å². The molecule has 20 heavy (non-hydrogen) atoms. The minimum Gasteiger partial charge on any atom is -0.356 e. The molecule has 0 atom stereocenters. The number of rotatable bonds is 3. The minimum absolute atomic E-state index is 0.740. The Morgan fingerprint density at radius 2 is 2.00 bits per heavy atom. The van der Waals surface area contributed by atoms with E-state index in [1.165, 1.54) is 12.8 Å². The number of piperidine rings is 1. The fourth-order valence-corrected chi connectivity index (χ4v) is 2.90. The van der Waals surface area contributed by atoms with Crippen molar-refractivity contribution < 1.29 is 0 Å². The SMILES string of the molecule is Cc1cc(N2CCC(Cn3ccnc3)CC2)nc(C)n1. The molecule has 0 saturated carbocycles. The molecule has 1 aliphatic heterocycles. The molecule has 1 fully saturated rings. The molecule has 5 nitrogen and oxygen atoms in total. The quantitative estimate of drug-likeness (QED) is 0.858. The van der Waals surface area contributed by atoms with Crippen molar-refractivity contribution in [2.45, 2.75) is 33.2 Å². The lowest BCUT2D eigenvalue weighted by atomic mass is 9.97. The van der Waals surface area contributed by atoms with E-state index < -0.39 is 0 Å². The third kappa shape index (κ3) is 2.98. The molecule has 0 bridgehead atoms. The van der Waals surface area contributed by atoms with Crippen LogP contribution in [-0.4, -0.2) is 32.6 Å². The Labute approximate surface area is 119 Å². The molecule has 0 radical (unpaired) electrons. The Kier molecular flexibility index (Phi) is 3.67. The van der Waals surface area contributed by atoms with Crippen molar-refractivity contribution >= 4 is 5.82 Å². The molecule has 3 rings (SSSR count). The lowest BCUT2D eigenvalue weighted by molar-refractivity contribution is 0.355. The van der Waals surface area contributed by atoms with E-state index >= 15 is 0 Å². The van der Waals surface area contributed by atoms with Crippen LogP contribution >= 0.6 is 0 Å². The number of aryl methyl sites for hydroxylation is 2. The Morgan fingerprint density at radius 3 is 2.65 bits per heavy atom. The molecular formula is C15H21N5. The number of aromatic nitrogens is 4. The van der Waals surface area contributed by atoms with E-state index in [0.29, 0.717) is 0 Å². The topological polar surface area (TPSA) is 46.8 Å². The molecule has 2 aromatic rings. The van der Waals surface area contributed by atoms with Crippen LogP contribution < -0.4 is 4.90 Å². The summed E-state index contributed by atoms with van der Waals surface area (Å²) in [5, 5.41) is 0. The van der Waals surface area contributed by atoms with Gasteiger partial charge < -0.3 is 9.47 Å². The van der Waals surface area contributed by atoms with Crippen LogP contribution in [-0.2, 0) is 6.54 Å². The van der Waals surface area contributed by atoms with Crippen LogP contribution in [0.25, 0.3) is 0 Å². The molecule has 3 heterocycles. The summed E-state index contributed by atoms with van der Waals surface area (Å²) in [5.41, 5.74) is 1.05. The Bertz CT molecular complexity index is 535. The van der Waals surface area contributed by atoms with Gasteiger partial charge in [-0.3, -0.25) is 0 Å². The minimum atomic E-state index is 0.740. The molecular weight excluding hydrogens is 250 g/mol. The second kappa shape index (κ2) is 5.61. The van der Waals surface area contributed by atoms with E-state index in [1.807, 2.05) is 32.6 Å². The molecule has 1 saturated heterocycles. The predicted molar refractivity (Wildman–Crippen MR) is 78.7 cm³/mol. The van der Waals surface area contributed by atoms with Gasteiger partial charge in [0.2, 0.25) is 0 Å². The largest absolute Gasteiger partial charge is 0.356 e. The number of imidazole rings is 1. The summed E-state index contributed by atoms with van der Waals surface area (Å²) in [7, 11) is 0. The molecule has 0 aromatic carbocycles. The number of hydrogen-bond acceptors (Lipinski definition) is 4. The highest BCUT2D eigenvalue weighted by molar-refractivity contribution is 5.40. The van der Waals surface area contributed by atoms with Gasteiger partial charge in [0.05, 0.1) is 6.33 Å². The van der Waals surface area contributed by atoms with Crippen LogP contribution in [0, 0.1) is 19.8 Å². The molecule has 5 heteroatoms. The average molecular weight is 271 g/mol. The summed E-state index contributed by atoms with van der Waals surface area (Å²) >= 11 is 0. The number of anilines is 1. The first-order valence-electron chi connectivity index (χ1n) is 7.23. The highest BCUT2D eigenvalue weighted by Gasteiger charge is 2.20. The fraction of sp³-hybridized carbons (Fsp3) is 0.533. The molecule has 2 aromatic heterocycles. The van der Waals surface area contributed by atoms with Crippen LogP contribution in [0.3, 0.4) is 0 Å². The predicted octanol–water partition coefficient (Wildman–Crippen LogP) is 2.21. The van der Waals surface area contributed by atoms with Crippen LogP contribution in [0.4, 0.5) is 5.82 Å². The van der Waals surface area contributed by atoms with Gasteiger partial charge in [0, 0.05) is 43.8 Å². The monoisotopic (exact) mass is 271 g/mol. The average Bonchev–Trinajstić information content (AvgIpc) is 2.91. The van der Waals surface area contributed by atoms with Gasteiger partial charge in [-0.25, -0.2) is 15.0 Å². The molecule has 106 valence electrons. The summed E-state index contributed by atoms with van der Waals surface area (Å²) in [4.78, 5) is 15.4. The number of hydrogen-bond donors (Lipinski definition) is 0. The van der Waals surface area contributed by atoms with Crippen LogP contribution in [0.5, 0.6) is 0 Å². The van der Waals surface area contributed by atoms with Crippen LogP contribution in [0.1, 0.15) is 24.4 Å². The first kappa shape index (κ1) is 13.1. The van der Waals surface area contributed by atoms with Crippen molar-refractivity contribution in [3.05, 3.63) is 36.3 Å². The summed E-state index contributed by atoms with van der Waals surface area (Å²) in [6.45, 7) is 7.23. The van der Waals surface area contributed by atoms with Gasteiger partial charge >= 0.3 is 0 Å². The van der Waals surface area contributed by atoms with E-state index in [-0.39, 0.29) is 0 Å². The molecule has 0 amide bonds. The third-order valence-electron chi connectivity index (χ3n) is 3.92. The second-order valence-electron chi connectivity index (χ2n) is 5.60. The highest BCUT2D eigenvalue weighted by atomic mass is 15.2. The molecule has 0 unspecified atom stereocenters. The highest BCUT2D eigenvalue weighted by Crippen LogP contribution is 2.23. The standard InChI is InChI=1S/C15H21N5/c1-12-9-15(18-13(2)17-12)20-6-3-14(4-7-20)10-19-8-5-16-11-19/h5,8-9,11,14H,3-4,6-7,10H2,1-2H3. The van der Waals surface area contributed by atoms with E-state index in [9.17, 15) is 0 Å². The second-order valence-corrected chi connectivity index (χ2v) is 5.60. The zero-order valence-electron chi connectivity index (χ0n) is 12.2. The molecule has 0 aliphatic carbocycles. The van der Waals surface area contributed by atoms with Gasteiger partial charge in [-0.15, -0.1) is 0 Å². The maximum absolute atomic E-state index is 4.56. The van der Waals surface area contributed by atoms with Crippen LogP contribution in [0.2, 0.25) is 0 Å². The Balaban J connectivity index is 1.60. The summed E-state index contributed by atoms with van der Waals surface area (Å²) in [5.74, 6) is 2.68. The lowest BCUT2D eigenvalue weighted by Gasteiger charge is -2.33. The molecule has 0 N–H and O–H groups in total. The summed E-state index contributed by atoms with van der Waals surface area (Å²) < 4.78 is 2.18. The fourth-order valence-electron chi connectivity index (χ4n) is 2.90. The van der Waals surface area contributed by atoms with E-state index in [0.717, 1.165) is 42.9 Å². The number of nitrogens with zero attached hydrogens (tertiary/aromatic N) is 5. The summed E-state index contributed by atoms with van der Waals surface area (Å²) in [6, 6.07) is 2.09. The van der Waals surface area contributed by atoms with Crippen molar-refractivity contribution in [3.8, 4) is 0 Å². The van der Waals surface area contributed by atoms with E-state index in [1.54, 1.807) is 0 Å². The van der Waals surface area contributed by atoms with E-state index in [2.05, 4.69) is 30.5 Å². The third-order valence-corrected chi connectivity index (χ3v) is 3.92. The Morgan fingerprint density at radius 1 is 1.20 bits per heavy atom. The zero-order valence-corrected chi connectivity index (χ0v) is 12.2. The van der Waals surface area contributed by atoms with Gasteiger partial charge in [-0.2, -0.15) is 0 Å². The maximum atomic E-state index is 4.56. The van der Waals surface area contributed by atoms with Crippen molar-refractivity contribution in [3.63, 3.8) is 0 Å². The zero-order chi connectivity index (χ0) is 13.9. The van der Waals surface area contributed by atoms with Gasteiger partial charge in [0.15, 0.2) is 0 Å². The lowest BCUT2D eigenvalue weighted by Crippen LogP contribution is -2.35. The molecule has 1 aliphatic rings. The van der Waals surface area contributed by atoms with Crippen molar-refractivity contribution in [2.75, 3.05) is 18.0 Å². The first-order chi connectivity index (χ1) is 9.70. The Hall–Kier alpha value is -1.91. The molecule has 0 spiro atoms. The van der Waals surface area contributed by atoms with Crippen LogP contribution in [0.15, 0.2) is 24.8 Å². The normalized spacial score (nSPS) is 16.6. The maximum Gasteiger partial charge on any atom is 0.132 e. The van der Waals surface area contributed by atoms with Gasteiger partial charge in [-0.05, 0) is 32.6 Å². The van der Waals surface area contributed by atoms with Crippen molar-refractivity contribution in [1.82, 2.24) is 19.5 Å². The smallest absolute Gasteiger partial charge is 0.132 e. The van der Waals surface area contributed by atoms with Gasteiger partial charge in [0.25, 0.3) is 0 Å². The summed E-state index contributed by atoms with van der Waals surface area (Å²) in [6.07, 6.45) is 8.22. The first-order valence-corrected chi connectivity index (χ1v) is 7.23. The van der Waals surface area contributed by atoms with Crippen molar-refractivity contribution in [2.24, 2.45) is 5.92 Å². The van der Waals surface area contributed by atoms with Gasteiger partial charge in [0.1, 0.15) is 11.6 Å².